The van der Waals surface area contributed by atoms with Crippen LogP contribution in [0.25, 0.3) is 0 Å². The lowest BCUT2D eigenvalue weighted by Gasteiger charge is -2.11. The van der Waals surface area contributed by atoms with Gasteiger partial charge in [-0.2, -0.15) is 0 Å². The van der Waals surface area contributed by atoms with Gasteiger partial charge in [0.05, 0.1) is 4.90 Å². The topological polar surface area (TPSA) is 75.6 Å². The van der Waals surface area contributed by atoms with Crippen LogP contribution in [0.3, 0.4) is 0 Å². The first-order valence-corrected chi connectivity index (χ1v) is 9.14. The van der Waals surface area contributed by atoms with E-state index in [4.69, 9.17) is 4.74 Å². The number of phenolic OH excluding ortho intramolecular Hbond substituents is 1. The predicted molar refractivity (Wildman–Crippen MR) is 89.4 cm³/mol. The van der Waals surface area contributed by atoms with Gasteiger partial charge in [-0.3, -0.25) is 0 Å². The third kappa shape index (κ3) is 4.24. The Morgan fingerprint density at radius 1 is 1.12 bits per heavy atom. The van der Waals surface area contributed by atoms with E-state index in [0.29, 0.717) is 6.42 Å². The summed E-state index contributed by atoms with van der Waals surface area (Å²) in [4.78, 5) is -0.175. The summed E-state index contributed by atoms with van der Waals surface area (Å²) in [5.41, 5.74) is 0.920. The molecule has 0 spiro atoms. The number of rotatable bonds is 7. The molecule has 0 fully saturated rings. The smallest absolute Gasteiger partial charge is 0.240 e. The lowest BCUT2D eigenvalue weighted by atomic mass is 10.1. The maximum atomic E-state index is 14.2. The molecule has 130 valence electrons. The fraction of sp³-hybridized carbons (Fsp3) is 0.294. The van der Waals surface area contributed by atoms with Gasteiger partial charge in [0.1, 0.15) is 0 Å². The van der Waals surface area contributed by atoms with E-state index in [9.17, 15) is 17.9 Å². The minimum Gasteiger partial charge on any atom is -0.504 e. The van der Waals surface area contributed by atoms with Crippen molar-refractivity contribution in [1.29, 1.82) is 0 Å². The Kier molecular flexibility index (Phi) is 5.80. The molecule has 2 N–H and O–H groups in total. The SMILES string of the molecule is CCCNS(=O)(=O)c1ccc(Oc2ccc(CC)cc2O)c(F)c1. The van der Waals surface area contributed by atoms with Crippen LogP contribution in [0.1, 0.15) is 25.8 Å². The van der Waals surface area contributed by atoms with E-state index in [1.165, 1.54) is 12.1 Å². The van der Waals surface area contributed by atoms with Gasteiger partial charge in [-0.1, -0.05) is 19.9 Å². The molecule has 0 aromatic heterocycles. The zero-order chi connectivity index (χ0) is 17.7. The minimum absolute atomic E-state index is 0.102. The maximum Gasteiger partial charge on any atom is 0.240 e. The van der Waals surface area contributed by atoms with Gasteiger partial charge in [0.15, 0.2) is 23.1 Å². The summed E-state index contributed by atoms with van der Waals surface area (Å²) in [5, 5.41) is 9.90. The molecular formula is C17H20FNO4S. The average Bonchev–Trinajstić information content (AvgIpc) is 2.56. The van der Waals surface area contributed by atoms with Crippen molar-refractivity contribution >= 4 is 10.0 Å². The number of ether oxygens (including phenoxy) is 1. The molecule has 0 unspecified atom stereocenters. The van der Waals surface area contributed by atoms with E-state index >= 15 is 0 Å². The van der Waals surface area contributed by atoms with Gasteiger partial charge in [-0.05, 0) is 48.7 Å². The first-order valence-electron chi connectivity index (χ1n) is 7.66. The number of aryl methyl sites for hydroxylation is 1. The van der Waals surface area contributed by atoms with Gasteiger partial charge in [-0.15, -0.1) is 0 Å². The van der Waals surface area contributed by atoms with Crippen LogP contribution in [0.4, 0.5) is 4.39 Å². The molecule has 0 aliphatic rings. The van der Waals surface area contributed by atoms with Gasteiger partial charge >= 0.3 is 0 Å². The van der Waals surface area contributed by atoms with Crippen LogP contribution in [-0.4, -0.2) is 20.1 Å². The molecule has 2 aromatic rings. The van der Waals surface area contributed by atoms with Gasteiger partial charge in [0, 0.05) is 6.54 Å². The Bertz CT molecular complexity index is 821. The molecule has 0 amide bonds. The molecule has 0 aliphatic heterocycles. The molecule has 0 heterocycles. The number of hydrogen-bond donors (Lipinski definition) is 2. The van der Waals surface area contributed by atoms with Gasteiger partial charge in [-0.25, -0.2) is 17.5 Å². The minimum atomic E-state index is -3.75. The second-order valence-corrected chi connectivity index (χ2v) is 7.01. The Balaban J connectivity index is 2.24. The van der Waals surface area contributed by atoms with Crippen molar-refractivity contribution < 1.29 is 22.7 Å². The van der Waals surface area contributed by atoms with E-state index in [1.54, 1.807) is 18.2 Å². The van der Waals surface area contributed by atoms with Crippen LogP contribution < -0.4 is 9.46 Å². The monoisotopic (exact) mass is 353 g/mol. The average molecular weight is 353 g/mol. The first kappa shape index (κ1) is 18.2. The Morgan fingerprint density at radius 3 is 2.42 bits per heavy atom. The lowest BCUT2D eigenvalue weighted by Crippen LogP contribution is -2.24. The summed E-state index contributed by atoms with van der Waals surface area (Å²) >= 11 is 0. The molecule has 0 bridgehead atoms. The van der Waals surface area contributed by atoms with E-state index < -0.39 is 15.8 Å². The highest BCUT2D eigenvalue weighted by Gasteiger charge is 2.17. The Labute approximate surface area is 141 Å². The maximum absolute atomic E-state index is 14.2. The Hall–Kier alpha value is -2.12. The summed E-state index contributed by atoms with van der Waals surface area (Å²) in [6.07, 6.45) is 1.38. The predicted octanol–water partition coefficient (Wildman–Crippen LogP) is 3.57. The first-order chi connectivity index (χ1) is 11.4. The highest BCUT2D eigenvalue weighted by Crippen LogP contribution is 2.33. The number of phenols is 1. The lowest BCUT2D eigenvalue weighted by molar-refractivity contribution is 0.395. The van der Waals surface area contributed by atoms with Crippen molar-refractivity contribution in [3.05, 3.63) is 47.8 Å². The van der Waals surface area contributed by atoms with E-state index in [2.05, 4.69) is 4.72 Å². The molecular weight excluding hydrogens is 333 g/mol. The summed E-state index contributed by atoms with van der Waals surface area (Å²) in [5.74, 6) is -0.988. The third-order valence-electron chi connectivity index (χ3n) is 3.41. The quantitative estimate of drug-likeness (QED) is 0.798. The number of aromatic hydroxyl groups is 1. The van der Waals surface area contributed by atoms with Crippen LogP contribution in [0.15, 0.2) is 41.3 Å². The summed E-state index contributed by atoms with van der Waals surface area (Å²) in [6.45, 7) is 4.05. The highest BCUT2D eigenvalue weighted by atomic mass is 32.2. The molecule has 0 saturated heterocycles. The second kappa shape index (κ2) is 7.63. The molecule has 0 aliphatic carbocycles. The number of benzene rings is 2. The summed E-state index contributed by atoms with van der Waals surface area (Å²) in [7, 11) is -3.75. The van der Waals surface area contributed by atoms with Crippen molar-refractivity contribution in [3.63, 3.8) is 0 Å². The van der Waals surface area contributed by atoms with E-state index in [0.717, 1.165) is 18.1 Å². The Morgan fingerprint density at radius 2 is 1.83 bits per heavy atom. The molecule has 0 radical (unpaired) electrons. The number of hydrogen-bond acceptors (Lipinski definition) is 4. The standard InChI is InChI=1S/C17H20FNO4S/c1-3-9-19-24(21,22)13-6-8-16(14(18)11-13)23-17-7-5-12(4-2)10-15(17)20/h5-8,10-11,19-20H,3-4,9H2,1-2H3. The van der Waals surface area contributed by atoms with E-state index in [-0.39, 0.29) is 28.7 Å². The molecule has 5 nitrogen and oxygen atoms in total. The molecule has 2 aromatic carbocycles. The summed E-state index contributed by atoms with van der Waals surface area (Å²) < 4.78 is 45.8. The zero-order valence-corrected chi connectivity index (χ0v) is 14.4. The number of sulfonamides is 1. The second-order valence-electron chi connectivity index (χ2n) is 5.25. The molecule has 0 saturated carbocycles. The number of halogens is 1. The zero-order valence-electron chi connectivity index (χ0n) is 13.5. The normalized spacial score (nSPS) is 11.5. The number of nitrogens with one attached hydrogen (secondary N) is 1. The molecule has 2 rings (SSSR count). The van der Waals surface area contributed by atoms with Crippen LogP contribution in [0.5, 0.6) is 17.2 Å². The fourth-order valence-corrected chi connectivity index (χ4v) is 3.18. The third-order valence-corrected chi connectivity index (χ3v) is 4.87. The highest BCUT2D eigenvalue weighted by molar-refractivity contribution is 7.89. The molecule has 24 heavy (non-hydrogen) atoms. The van der Waals surface area contributed by atoms with Crippen LogP contribution in [0, 0.1) is 5.82 Å². The van der Waals surface area contributed by atoms with Gasteiger partial charge in [0.2, 0.25) is 10.0 Å². The van der Waals surface area contributed by atoms with Crippen LogP contribution in [0.2, 0.25) is 0 Å². The van der Waals surface area contributed by atoms with Crippen molar-refractivity contribution in [1.82, 2.24) is 4.72 Å². The van der Waals surface area contributed by atoms with Crippen LogP contribution >= 0.6 is 0 Å². The van der Waals surface area contributed by atoms with Gasteiger partial charge < -0.3 is 9.84 Å². The largest absolute Gasteiger partial charge is 0.504 e. The van der Waals surface area contributed by atoms with Crippen LogP contribution in [-0.2, 0) is 16.4 Å². The summed E-state index contributed by atoms with van der Waals surface area (Å²) in [6, 6.07) is 8.23. The van der Waals surface area contributed by atoms with Gasteiger partial charge in [0.25, 0.3) is 0 Å². The fourth-order valence-electron chi connectivity index (χ4n) is 2.04. The van der Waals surface area contributed by atoms with Crippen molar-refractivity contribution in [2.45, 2.75) is 31.6 Å². The molecule has 7 heteroatoms. The van der Waals surface area contributed by atoms with Crippen molar-refractivity contribution in [3.8, 4) is 17.2 Å². The van der Waals surface area contributed by atoms with E-state index in [1.807, 2.05) is 13.8 Å². The van der Waals surface area contributed by atoms with Crippen molar-refractivity contribution in [2.24, 2.45) is 0 Å². The molecule has 0 atom stereocenters. The van der Waals surface area contributed by atoms with Crippen molar-refractivity contribution in [2.75, 3.05) is 6.54 Å².